The second-order valence-corrected chi connectivity index (χ2v) is 9.43. The Morgan fingerprint density at radius 1 is 1.23 bits per heavy atom. The number of rotatable bonds is 7. The summed E-state index contributed by atoms with van der Waals surface area (Å²) in [7, 11) is -3.71. The highest BCUT2D eigenvalue weighted by Crippen LogP contribution is 2.26. The molecule has 2 aromatic rings. The van der Waals surface area contributed by atoms with Crippen molar-refractivity contribution in [2.45, 2.75) is 24.6 Å². The summed E-state index contributed by atoms with van der Waals surface area (Å²) in [6.45, 7) is 1.22. The minimum Gasteiger partial charge on any atom is -0.371 e. The molecule has 0 atom stereocenters. The van der Waals surface area contributed by atoms with Crippen LogP contribution < -0.4 is 15.1 Å². The van der Waals surface area contributed by atoms with Gasteiger partial charge in [-0.1, -0.05) is 35.9 Å². The first-order valence-corrected chi connectivity index (χ1v) is 11.7. The van der Waals surface area contributed by atoms with Gasteiger partial charge in [-0.25, -0.2) is 23.0 Å². The number of anilines is 1. The Labute approximate surface area is 185 Å². The number of hydroxylamine groups is 1. The average Bonchev–Trinajstić information content (AvgIpc) is 2.74. The van der Waals surface area contributed by atoms with E-state index in [2.05, 4.69) is 9.62 Å². The highest BCUT2D eigenvalue weighted by molar-refractivity contribution is 7.88. The van der Waals surface area contributed by atoms with Crippen LogP contribution in [-0.2, 0) is 20.6 Å². The molecule has 0 bridgehead atoms. The first-order valence-electron chi connectivity index (χ1n) is 9.67. The molecule has 1 aliphatic rings. The number of nitrogens with zero attached hydrogens (tertiary/aromatic N) is 1. The van der Waals surface area contributed by atoms with Gasteiger partial charge in [0.05, 0.1) is 5.75 Å². The first-order chi connectivity index (χ1) is 14.8. The molecular weight excluding hydrogens is 445 g/mol. The molecule has 0 aliphatic carbocycles. The Kier molecular flexibility index (Phi) is 7.66. The van der Waals surface area contributed by atoms with Crippen LogP contribution in [-0.4, -0.2) is 38.7 Å². The van der Waals surface area contributed by atoms with Crippen LogP contribution in [0, 0.1) is 5.82 Å². The smallest absolute Gasteiger partial charge is 0.267 e. The standard InChI is InChI=1S/C21H23ClFN3O4S/c22-17-7-5-16(19(23)13-17)14-31(29,30)25-18-9-11-26(12-10-18)20-4-2-1-3-15(20)6-8-21(27)24-28/h1-8,13,18,25,28H,9-12,14H2,(H,24,27)/b8-6+. The number of carbonyl (C=O) groups excluding carboxylic acids is 1. The van der Waals surface area contributed by atoms with E-state index in [9.17, 15) is 17.6 Å². The van der Waals surface area contributed by atoms with Gasteiger partial charge >= 0.3 is 0 Å². The maximum absolute atomic E-state index is 13.9. The van der Waals surface area contributed by atoms with E-state index in [0.717, 1.165) is 17.3 Å². The Hall–Kier alpha value is -2.46. The van der Waals surface area contributed by atoms with E-state index in [0.29, 0.717) is 25.9 Å². The van der Waals surface area contributed by atoms with Crippen LogP contribution in [0.2, 0.25) is 5.02 Å². The molecule has 0 unspecified atom stereocenters. The van der Waals surface area contributed by atoms with Gasteiger partial charge in [0.1, 0.15) is 5.82 Å². The summed E-state index contributed by atoms with van der Waals surface area (Å²) in [6.07, 6.45) is 4.00. The Morgan fingerprint density at radius 3 is 2.61 bits per heavy atom. The number of halogens is 2. The zero-order valence-electron chi connectivity index (χ0n) is 16.6. The van der Waals surface area contributed by atoms with E-state index >= 15 is 0 Å². The minimum atomic E-state index is -3.71. The largest absolute Gasteiger partial charge is 0.371 e. The van der Waals surface area contributed by atoms with Gasteiger partial charge in [-0.15, -0.1) is 0 Å². The molecule has 3 N–H and O–H groups in total. The van der Waals surface area contributed by atoms with E-state index in [4.69, 9.17) is 16.8 Å². The summed E-state index contributed by atoms with van der Waals surface area (Å²) >= 11 is 5.72. The van der Waals surface area contributed by atoms with E-state index in [1.165, 1.54) is 18.2 Å². The minimum absolute atomic E-state index is 0.0713. The molecule has 10 heteroatoms. The van der Waals surface area contributed by atoms with Crippen molar-refractivity contribution in [2.75, 3.05) is 18.0 Å². The Morgan fingerprint density at radius 2 is 1.94 bits per heavy atom. The van der Waals surface area contributed by atoms with Gasteiger partial charge < -0.3 is 4.90 Å². The van der Waals surface area contributed by atoms with Crippen molar-refractivity contribution in [1.29, 1.82) is 0 Å². The molecule has 3 rings (SSSR count). The summed E-state index contributed by atoms with van der Waals surface area (Å²) < 4.78 is 41.6. The van der Waals surface area contributed by atoms with Gasteiger partial charge in [0.15, 0.2) is 0 Å². The molecule has 1 aliphatic heterocycles. The lowest BCUT2D eigenvalue weighted by atomic mass is 10.0. The number of piperidine rings is 1. The third-order valence-electron chi connectivity index (χ3n) is 5.00. The molecule has 0 saturated carbocycles. The van der Waals surface area contributed by atoms with Crippen LogP contribution in [0.4, 0.5) is 10.1 Å². The van der Waals surface area contributed by atoms with Gasteiger partial charge in [-0.2, -0.15) is 0 Å². The lowest BCUT2D eigenvalue weighted by Gasteiger charge is -2.34. The number of nitrogens with one attached hydrogen (secondary N) is 2. The molecule has 31 heavy (non-hydrogen) atoms. The van der Waals surface area contributed by atoms with Gasteiger partial charge in [0.25, 0.3) is 5.91 Å². The topological polar surface area (TPSA) is 98.7 Å². The number of hydrogen-bond acceptors (Lipinski definition) is 5. The van der Waals surface area contributed by atoms with Gasteiger partial charge in [-0.05, 0) is 42.7 Å². The highest BCUT2D eigenvalue weighted by atomic mass is 35.5. The molecule has 1 fully saturated rings. The SMILES string of the molecule is O=C(/C=C/c1ccccc1N1CCC(NS(=O)(=O)Cc2ccc(Cl)cc2F)CC1)NO. The quantitative estimate of drug-likeness (QED) is 0.330. The van der Waals surface area contributed by atoms with E-state index < -0.39 is 27.5 Å². The predicted octanol–water partition coefficient (Wildman–Crippen LogP) is 3.09. The van der Waals surface area contributed by atoms with Crippen molar-refractivity contribution < 1.29 is 22.8 Å². The zero-order chi connectivity index (χ0) is 22.4. The van der Waals surface area contributed by atoms with E-state index in [1.54, 1.807) is 11.6 Å². The normalized spacial score (nSPS) is 15.4. The lowest BCUT2D eigenvalue weighted by molar-refractivity contribution is -0.124. The molecule has 0 aromatic heterocycles. The maximum atomic E-state index is 13.9. The van der Waals surface area contributed by atoms with Gasteiger partial charge in [0, 0.05) is 41.5 Å². The van der Waals surface area contributed by atoms with Crippen molar-refractivity contribution >= 4 is 39.3 Å². The molecule has 1 heterocycles. The fraction of sp³-hybridized carbons (Fsp3) is 0.286. The summed E-state index contributed by atoms with van der Waals surface area (Å²) in [6, 6.07) is 11.2. The average molecular weight is 468 g/mol. The molecule has 1 saturated heterocycles. The number of hydrogen-bond donors (Lipinski definition) is 3. The maximum Gasteiger partial charge on any atom is 0.267 e. The summed E-state index contributed by atoms with van der Waals surface area (Å²) in [5.41, 5.74) is 3.34. The van der Waals surface area contributed by atoms with Crippen LogP contribution in [0.25, 0.3) is 6.08 Å². The van der Waals surface area contributed by atoms with Crippen molar-refractivity contribution in [3.63, 3.8) is 0 Å². The fourth-order valence-corrected chi connectivity index (χ4v) is 5.13. The molecular formula is C21H23ClFN3O4S. The van der Waals surface area contributed by atoms with Crippen molar-refractivity contribution in [3.8, 4) is 0 Å². The summed E-state index contributed by atoms with van der Waals surface area (Å²) in [5, 5.41) is 8.84. The third-order valence-corrected chi connectivity index (χ3v) is 6.62. The molecule has 2 aromatic carbocycles. The van der Waals surface area contributed by atoms with Crippen LogP contribution >= 0.6 is 11.6 Å². The van der Waals surface area contributed by atoms with E-state index in [1.807, 2.05) is 24.3 Å². The Balaban J connectivity index is 1.61. The van der Waals surface area contributed by atoms with Crippen LogP contribution in [0.1, 0.15) is 24.0 Å². The van der Waals surface area contributed by atoms with Crippen molar-refractivity contribution in [3.05, 3.63) is 70.5 Å². The molecule has 0 spiro atoms. The van der Waals surface area contributed by atoms with Crippen molar-refractivity contribution in [1.82, 2.24) is 10.2 Å². The molecule has 0 radical (unpaired) electrons. The summed E-state index contributed by atoms with van der Waals surface area (Å²) in [5.74, 6) is -1.72. The number of benzene rings is 2. The lowest BCUT2D eigenvalue weighted by Crippen LogP contribution is -2.45. The first kappa shape index (κ1) is 23.2. The fourth-order valence-electron chi connectivity index (χ4n) is 3.50. The monoisotopic (exact) mass is 467 g/mol. The predicted molar refractivity (Wildman–Crippen MR) is 118 cm³/mol. The Bertz CT molecular complexity index is 1070. The van der Waals surface area contributed by atoms with Crippen LogP contribution in [0.5, 0.6) is 0 Å². The number of sulfonamides is 1. The second-order valence-electron chi connectivity index (χ2n) is 7.24. The number of para-hydroxylation sites is 1. The van der Waals surface area contributed by atoms with Crippen LogP contribution in [0.3, 0.4) is 0 Å². The zero-order valence-corrected chi connectivity index (χ0v) is 18.2. The number of amides is 1. The van der Waals surface area contributed by atoms with E-state index in [-0.39, 0.29) is 16.6 Å². The molecule has 166 valence electrons. The van der Waals surface area contributed by atoms with Crippen LogP contribution in [0.15, 0.2) is 48.5 Å². The van der Waals surface area contributed by atoms with Crippen molar-refractivity contribution in [2.24, 2.45) is 0 Å². The van der Waals surface area contributed by atoms with Gasteiger partial charge in [0.2, 0.25) is 10.0 Å². The second kappa shape index (κ2) is 10.2. The highest BCUT2D eigenvalue weighted by Gasteiger charge is 2.25. The molecule has 7 nitrogen and oxygen atoms in total. The molecule has 1 amide bonds. The van der Waals surface area contributed by atoms with Gasteiger partial charge in [-0.3, -0.25) is 10.0 Å². The third kappa shape index (κ3) is 6.51. The summed E-state index contributed by atoms with van der Waals surface area (Å²) in [4.78, 5) is 13.4. The number of carbonyl (C=O) groups is 1.